The molecule has 2 heteroatoms. The summed E-state index contributed by atoms with van der Waals surface area (Å²) < 4.78 is 5.16. The summed E-state index contributed by atoms with van der Waals surface area (Å²) in [6.45, 7) is 1.37. The minimum Gasteiger partial charge on any atom is -0.387 e. The van der Waals surface area contributed by atoms with Crippen molar-refractivity contribution in [1.82, 2.24) is 0 Å². The molecule has 9 heavy (non-hydrogen) atoms. The number of fused-ring (bicyclic) bond motifs is 1. The van der Waals surface area contributed by atoms with Crippen molar-refractivity contribution in [3.63, 3.8) is 0 Å². The van der Waals surface area contributed by atoms with Gasteiger partial charge in [-0.1, -0.05) is 6.42 Å². The zero-order valence-electron chi connectivity index (χ0n) is 5.47. The molecule has 2 rings (SSSR count). The van der Waals surface area contributed by atoms with Gasteiger partial charge >= 0.3 is 0 Å². The zero-order valence-corrected chi connectivity index (χ0v) is 5.47. The number of hydrogen-bond acceptors (Lipinski definition) is 2. The van der Waals surface area contributed by atoms with Crippen molar-refractivity contribution in [2.45, 2.75) is 24.9 Å². The van der Waals surface area contributed by atoms with E-state index >= 15 is 0 Å². The molecule has 0 amide bonds. The van der Waals surface area contributed by atoms with Crippen molar-refractivity contribution in [3.05, 3.63) is 0 Å². The molecule has 2 aliphatic rings. The van der Waals surface area contributed by atoms with Gasteiger partial charge < -0.3 is 9.84 Å². The zero-order chi connectivity index (χ0) is 6.32. The van der Waals surface area contributed by atoms with Crippen molar-refractivity contribution < 1.29 is 9.84 Å². The molecule has 2 unspecified atom stereocenters. The van der Waals surface area contributed by atoms with Crippen LogP contribution >= 0.6 is 0 Å². The molecular weight excluding hydrogens is 116 g/mol. The Labute approximate surface area is 54.8 Å². The number of hydrogen-bond donors (Lipinski definition) is 1. The van der Waals surface area contributed by atoms with Gasteiger partial charge in [0.05, 0.1) is 18.8 Å². The Kier molecular flexibility index (Phi) is 1.08. The van der Waals surface area contributed by atoms with Gasteiger partial charge in [0, 0.05) is 5.92 Å². The molecule has 0 bridgehead atoms. The minimum absolute atomic E-state index is 0.417. The van der Waals surface area contributed by atoms with E-state index < -0.39 is 5.60 Å². The Bertz CT molecular complexity index is 112. The van der Waals surface area contributed by atoms with Crippen molar-refractivity contribution in [3.8, 4) is 0 Å². The number of rotatable bonds is 0. The van der Waals surface area contributed by atoms with E-state index in [1.165, 1.54) is 6.42 Å². The predicted molar refractivity (Wildman–Crippen MR) is 33.1 cm³/mol. The lowest BCUT2D eigenvalue weighted by atomic mass is 9.95. The molecule has 1 saturated heterocycles. The highest BCUT2D eigenvalue weighted by Crippen LogP contribution is 2.39. The van der Waals surface area contributed by atoms with Crippen molar-refractivity contribution in [2.24, 2.45) is 5.92 Å². The summed E-state index contributed by atoms with van der Waals surface area (Å²) in [5.41, 5.74) is -0.417. The molecule has 0 aromatic rings. The van der Waals surface area contributed by atoms with E-state index in [1.54, 1.807) is 0 Å². The maximum absolute atomic E-state index is 9.71. The van der Waals surface area contributed by atoms with E-state index in [2.05, 4.69) is 0 Å². The summed E-state index contributed by atoms with van der Waals surface area (Å²) in [4.78, 5) is 0. The fourth-order valence-corrected chi connectivity index (χ4v) is 1.93. The first kappa shape index (κ1) is 5.69. The highest BCUT2D eigenvalue weighted by Gasteiger charge is 2.45. The van der Waals surface area contributed by atoms with Crippen LogP contribution in [0.15, 0.2) is 0 Å². The average Bonchev–Trinajstić information content (AvgIpc) is 2.22. The summed E-state index contributed by atoms with van der Waals surface area (Å²) in [7, 11) is 0. The summed E-state index contributed by atoms with van der Waals surface area (Å²) in [6.07, 6.45) is 3.30. The normalized spacial score (nSPS) is 49.7. The van der Waals surface area contributed by atoms with Gasteiger partial charge in [0.2, 0.25) is 0 Å². The van der Waals surface area contributed by atoms with Gasteiger partial charge in [0.25, 0.3) is 0 Å². The molecule has 1 heterocycles. The summed E-state index contributed by atoms with van der Waals surface area (Å²) >= 11 is 0. The van der Waals surface area contributed by atoms with E-state index in [0.717, 1.165) is 19.4 Å². The Morgan fingerprint density at radius 3 is 3.22 bits per heavy atom. The molecule has 0 aromatic carbocycles. The summed E-state index contributed by atoms with van der Waals surface area (Å²) in [5.74, 6) is 0.456. The van der Waals surface area contributed by atoms with Crippen LogP contribution in [0.3, 0.4) is 0 Å². The lowest BCUT2D eigenvalue weighted by Gasteiger charge is -2.18. The van der Waals surface area contributed by atoms with E-state index in [9.17, 15) is 5.11 Å². The highest BCUT2D eigenvalue weighted by molar-refractivity contribution is 4.95. The van der Waals surface area contributed by atoms with Crippen molar-refractivity contribution in [1.29, 1.82) is 0 Å². The first-order chi connectivity index (χ1) is 4.31. The van der Waals surface area contributed by atoms with Crippen LogP contribution < -0.4 is 0 Å². The van der Waals surface area contributed by atoms with Crippen molar-refractivity contribution in [2.75, 3.05) is 13.2 Å². The highest BCUT2D eigenvalue weighted by atomic mass is 16.5. The third-order valence-corrected chi connectivity index (χ3v) is 2.59. The van der Waals surface area contributed by atoms with E-state index in [4.69, 9.17) is 4.74 Å². The number of aliphatic hydroxyl groups is 1. The summed E-state index contributed by atoms with van der Waals surface area (Å²) in [6, 6.07) is 0. The number of ether oxygens (including phenoxy) is 1. The molecule has 1 saturated carbocycles. The Morgan fingerprint density at radius 2 is 2.44 bits per heavy atom. The van der Waals surface area contributed by atoms with Crippen LogP contribution in [0.5, 0.6) is 0 Å². The van der Waals surface area contributed by atoms with Crippen LogP contribution in [0.1, 0.15) is 19.3 Å². The molecule has 2 fully saturated rings. The molecule has 1 aliphatic heterocycles. The molecular formula is C7H12O2. The lowest BCUT2D eigenvalue weighted by Crippen LogP contribution is -2.31. The van der Waals surface area contributed by atoms with Gasteiger partial charge in [-0.25, -0.2) is 0 Å². The first-order valence-corrected chi connectivity index (χ1v) is 3.61. The molecule has 1 aliphatic carbocycles. The minimum atomic E-state index is -0.417. The van der Waals surface area contributed by atoms with E-state index in [-0.39, 0.29) is 0 Å². The van der Waals surface area contributed by atoms with Gasteiger partial charge in [-0.2, -0.15) is 0 Å². The SMILES string of the molecule is OC12CCCC1COC2. The third-order valence-electron chi connectivity index (χ3n) is 2.59. The summed E-state index contributed by atoms with van der Waals surface area (Å²) in [5, 5.41) is 9.71. The molecule has 0 spiro atoms. The Hall–Kier alpha value is -0.0800. The average molecular weight is 128 g/mol. The van der Waals surface area contributed by atoms with Crippen LogP contribution in [0.4, 0.5) is 0 Å². The van der Waals surface area contributed by atoms with Crippen LogP contribution in [0.2, 0.25) is 0 Å². The molecule has 0 radical (unpaired) electrons. The first-order valence-electron chi connectivity index (χ1n) is 3.61. The molecule has 1 N–H and O–H groups in total. The van der Waals surface area contributed by atoms with E-state index in [1.807, 2.05) is 0 Å². The lowest BCUT2D eigenvalue weighted by molar-refractivity contribution is 0.0156. The quantitative estimate of drug-likeness (QED) is 0.516. The van der Waals surface area contributed by atoms with Gasteiger partial charge in [-0.15, -0.1) is 0 Å². The standard InChI is InChI=1S/C7H12O2/c8-7-3-1-2-6(7)4-9-5-7/h6,8H,1-5H2. The fourth-order valence-electron chi connectivity index (χ4n) is 1.93. The van der Waals surface area contributed by atoms with Crippen molar-refractivity contribution >= 4 is 0 Å². The fraction of sp³-hybridized carbons (Fsp3) is 1.00. The van der Waals surface area contributed by atoms with Gasteiger partial charge in [-0.05, 0) is 12.8 Å². The van der Waals surface area contributed by atoms with Gasteiger partial charge in [-0.3, -0.25) is 0 Å². The predicted octanol–water partition coefficient (Wildman–Crippen LogP) is 0.548. The van der Waals surface area contributed by atoms with Gasteiger partial charge in [0.15, 0.2) is 0 Å². The van der Waals surface area contributed by atoms with Crippen LogP contribution in [-0.4, -0.2) is 23.9 Å². The van der Waals surface area contributed by atoms with Crippen LogP contribution in [0.25, 0.3) is 0 Å². The van der Waals surface area contributed by atoms with Crippen LogP contribution in [-0.2, 0) is 4.74 Å². The molecule has 52 valence electrons. The maximum atomic E-state index is 9.71. The van der Waals surface area contributed by atoms with Gasteiger partial charge in [0.1, 0.15) is 0 Å². The smallest absolute Gasteiger partial charge is 0.0930 e. The second-order valence-electron chi connectivity index (χ2n) is 3.21. The third kappa shape index (κ3) is 0.700. The van der Waals surface area contributed by atoms with E-state index in [0.29, 0.717) is 12.5 Å². The van der Waals surface area contributed by atoms with Crippen LogP contribution in [0, 0.1) is 5.92 Å². The second kappa shape index (κ2) is 1.70. The molecule has 2 nitrogen and oxygen atoms in total. The second-order valence-corrected chi connectivity index (χ2v) is 3.21. The maximum Gasteiger partial charge on any atom is 0.0930 e. The topological polar surface area (TPSA) is 29.5 Å². The monoisotopic (exact) mass is 128 g/mol. The Morgan fingerprint density at radius 1 is 1.56 bits per heavy atom. The molecule has 2 atom stereocenters. The largest absolute Gasteiger partial charge is 0.387 e. The molecule has 0 aromatic heterocycles. The Balaban J connectivity index is 2.17.